The van der Waals surface area contributed by atoms with E-state index in [4.69, 9.17) is 5.11 Å². The number of carboxylic acid groups (broad SMARTS) is 1. The van der Waals surface area contributed by atoms with Gasteiger partial charge in [0.2, 0.25) is 0 Å². The molecule has 13 heavy (non-hydrogen) atoms. The Morgan fingerprint density at radius 3 is 2.69 bits per heavy atom. The fraction of sp³-hybridized carbons (Fsp3) is 0.222. The molecule has 70 valence electrons. The van der Waals surface area contributed by atoms with Crippen molar-refractivity contribution in [2.45, 2.75) is 13.3 Å². The summed E-state index contributed by atoms with van der Waals surface area (Å²) in [6, 6.07) is 2.41. The van der Waals surface area contributed by atoms with Gasteiger partial charge in [0.05, 0.1) is 5.56 Å². The van der Waals surface area contributed by atoms with E-state index in [0.29, 0.717) is 9.99 Å². The van der Waals surface area contributed by atoms with Crippen molar-refractivity contribution < 1.29 is 14.3 Å². The molecule has 1 N–H and O–H groups in total. The molecule has 2 nitrogen and oxygen atoms in total. The summed E-state index contributed by atoms with van der Waals surface area (Å²) in [7, 11) is 0. The van der Waals surface area contributed by atoms with E-state index in [1.165, 1.54) is 6.07 Å². The molecule has 0 fully saturated rings. The fourth-order valence-corrected chi connectivity index (χ4v) is 1.98. The van der Waals surface area contributed by atoms with Gasteiger partial charge in [-0.2, -0.15) is 0 Å². The fourth-order valence-electron chi connectivity index (χ4n) is 1.06. The molecule has 0 aliphatic heterocycles. The van der Waals surface area contributed by atoms with Crippen LogP contribution in [0.4, 0.5) is 4.39 Å². The molecule has 0 radical (unpaired) electrons. The number of carboxylic acids is 1. The molecule has 0 spiro atoms. The van der Waals surface area contributed by atoms with Crippen LogP contribution in [0.25, 0.3) is 0 Å². The molecule has 0 aliphatic rings. The van der Waals surface area contributed by atoms with Crippen molar-refractivity contribution in [1.29, 1.82) is 0 Å². The van der Waals surface area contributed by atoms with Crippen LogP contribution in [0.1, 0.15) is 22.8 Å². The van der Waals surface area contributed by atoms with E-state index in [-0.39, 0.29) is 5.56 Å². The zero-order chi connectivity index (χ0) is 10.0. The van der Waals surface area contributed by atoms with Crippen molar-refractivity contribution in [1.82, 2.24) is 0 Å². The average molecular weight is 294 g/mol. The van der Waals surface area contributed by atoms with Gasteiger partial charge in [0.25, 0.3) is 0 Å². The van der Waals surface area contributed by atoms with E-state index >= 15 is 0 Å². The zero-order valence-corrected chi connectivity index (χ0v) is 9.13. The SMILES string of the molecule is CCc1cc(F)cc(C(=O)O)c1I. The minimum absolute atomic E-state index is 0.0393. The van der Waals surface area contributed by atoms with Crippen molar-refractivity contribution in [2.24, 2.45) is 0 Å². The summed E-state index contributed by atoms with van der Waals surface area (Å²) in [5, 5.41) is 8.74. The van der Waals surface area contributed by atoms with Crippen LogP contribution in [0.3, 0.4) is 0 Å². The highest BCUT2D eigenvalue weighted by Crippen LogP contribution is 2.20. The molecule has 0 heterocycles. The lowest BCUT2D eigenvalue weighted by Crippen LogP contribution is -2.03. The van der Waals surface area contributed by atoms with Gasteiger partial charge in [-0.25, -0.2) is 9.18 Å². The Morgan fingerprint density at radius 1 is 1.62 bits per heavy atom. The van der Waals surface area contributed by atoms with Gasteiger partial charge >= 0.3 is 5.97 Å². The van der Waals surface area contributed by atoms with Crippen LogP contribution in [-0.4, -0.2) is 11.1 Å². The molecule has 0 bridgehead atoms. The Kier molecular flexibility index (Phi) is 3.24. The van der Waals surface area contributed by atoms with Gasteiger partial charge in [0.15, 0.2) is 0 Å². The molecule has 0 saturated carbocycles. The maximum Gasteiger partial charge on any atom is 0.336 e. The number of aromatic carboxylic acids is 1. The highest BCUT2D eigenvalue weighted by molar-refractivity contribution is 14.1. The standard InChI is InChI=1S/C9H8FIO2/c1-2-5-3-6(10)4-7(8(5)11)9(12)13/h3-4H,2H2,1H3,(H,12,13). The first-order chi connectivity index (χ1) is 6.06. The van der Waals surface area contributed by atoms with Crippen LogP contribution in [0.5, 0.6) is 0 Å². The second-order valence-electron chi connectivity index (χ2n) is 2.59. The van der Waals surface area contributed by atoms with Crippen LogP contribution in [0.2, 0.25) is 0 Å². The predicted molar refractivity (Wildman–Crippen MR) is 55.5 cm³/mol. The normalized spacial score (nSPS) is 10.1. The second-order valence-corrected chi connectivity index (χ2v) is 3.66. The van der Waals surface area contributed by atoms with Crippen molar-refractivity contribution in [2.75, 3.05) is 0 Å². The van der Waals surface area contributed by atoms with E-state index in [2.05, 4.69) is 0 Å². The van der Waals surface area contributed by atoms with Crippen molar-refractivity contribution in [3.8, 4) is 0 Å². The first kappa shape index (κ1) is 10.4. The summed E-state index contributed by atoms with van der Waals surface area (Å²) < 4.78 is 13.5. The van der Waals surface area contributed by atoms with Crippen LogP contribution in [0.15, 0.2) is 12.1 Å². The third-order valence-electron chi connectivity index (χ3n) is 1.72. The van der Waals surface area contributed by atoms with Gasteiger partial charge < -0.3 is 5.11 Å². The molecule has 1 aromatic carbocycles. The quantitative estimate of drug-likeness (QED) is 0.852. The smallest absolute Gasteiger partial charge is 0.336 e. The lowest BCUT2D eigenvalue weighted by molar-refractivity contribution is 0.0695. The van der Waals surface area contributed by atoms with Crippen molar-refractivity contribution >= 4 is 28.6 Å². The minimum Gasteiger partial charge on any atom is -0.478 e. The number of carbonyl (C=O) groups is 1. The molecule has 0 saturated heterocycles. The molecule has 0 aliphatic carbocycles. The molecule has 0 atom stereocenters. The van der Waals surface area contributed by atoms with Gasteiger partial charge in [0, 0.05) is 3.57 Å². The van der Waals surface area contributed by atoms with E-state index < -0.39 is 11.8 Å². The molecular formula is C9H8FIO2. The maximum absolute atomic E-state index is 12.9. The van der Waals surface area contributed by atoms with E-state index in [0.717, 1.165) is 11.6 Å². The monoisotopic (exact) mass is 294 g/mol. The van der Waals surface area contributed by atoms with Gasteiger partial charge in [-0.3, -0.25) is 0 Å². The van der Waals surface area contributed by atoms with Gasteiger partial charge in [-0.05, 0) is 46.7 Å². The van der Waals surface area contributed by atoms with Crippen LogP contribution in [0, 0.1) is 9.39 Å². The number of hydrogen-bond acceptors (Lipinski definition) is 1. The van der Waals surface area contributed by atoms with Gasteiger partial charge in [-0.15, -0.1) is 0 Å². The van der Waals surface area contributed by atoms with Crippen molar-refractivity contribution in [3.63, 3.8) is 0 Å². The Morgan fingerprint density at radius 2 is 2.23 bits per heavy atom. The summed E-state index contributed by atoms with van der Waals surface area (Å²) in [4.78, 5) is 10.7. The zero-order valence-electron chi connectivity index (χ0n) is 6.97. The summed E-state index contributed by atoms with van der Waals surface area (Å²) >= 11 is 1.93. The minimum atomic E-state index is -1.08. The number of aryl methyl sites for hydroxylation is 1. The van der Waals surface area contributed by atoms with Crippen molar-refractivity contribution in [3.05, 3.63) is 32.6 Å². The van der Waals surface area contributed by atoms with E-state index in [9.17, 15) is 9.18 Å². The van der Waals surface area contributed by atoms with Gasteiger partial charge in [-0.1, -0.05) is 6.92 Å². The first-order valence-corrected chi connectivity index (χ1v) is 4.85. The number of rotatable bonds is 2. The maximum atomic E-state index is 12.9. The molecule has 1 aromatic rings. The third kappa shape index (κ3) is 2.18. The highest BCUT2D eigenvalue weighted by atomic mass is 127. The molecule has 1 rings (SSSR count). The summed E-state index contributed by atoms with van der Waals surface area (Å²) in [5.74, 6) is -1.58. The molecular weight excluding hydrogens is 286 g/mol. The second kappa shape index (κ2) is 4.04. The Bertz CT molecular complexity index is 350. The lowest BCUT2D eigenvalue weighted by Gasteiger charge is -2.05. The largest absolute Gasteiger partial charge is 0.478 e. The first-order valence-electron chi connectivity index (χ1n) is 3.77. The lowest BCUT2D eigenvalue weighted by atomic mass is 10.1. The highest BCUT2D eigenvalue weighted by Gasteiger charge is 2.12. The summed E-state index contributed by atoms with van der Waals surface area (Å²) in [6.07, 6.45) is 0.635. The topological polar surface area (TPSA) is 37.3 Å². The molecule has 4 heteroatoms. The van der Waals surface area contributed by atoms with Crippen LogP contribution >= 0.6 is 22.6 Å². The van der Waals surface area contributed by atoms with E-state index in [1.54, 1.807) is 0 Å². The number of halogens is 2. The Hall–Kier alpha value is -0.650. The van der Waals surface area contributed by atoms with Gasteiger partial charge in [0.1, 0.15) is 5.82 Å². The molecule has 0 unspecified atom stereocenters. The molecule has 0 amide bonds. The Balaban J connectivity index is 3.35. The number of hydrogen-bond donors (Lipinski definition) is 1. The van der Waals surface area contributed by atoms with Crippen LogP contribution in [-0.2, 0) is 6.42 Å². The predicted octanol–water partition coefficient (Wildman–Crippen LogP) is 2.69. The van der Waals surface area contributed by atoms with Crippen LogP contribution < -0.4 is 0 Å². The summed E-state index contributed by atoms with van der Waals surface area (Å²) in [6.45, 7) is 1.86. The summed E-state index contributed by atoms with van der Waals surface area (Å²) in [5.41, 5.74) is 0.774. The Labute approximate surface area is 88.9 Å². The molecule has 0 aromatic heterocycles. The van der Waals surface area contributed by atoms with E-state index in [1.807, 2.05) is 29.5 Å². The third-order valence-corrected chi connectivity index (χ3v) is 3.00. The average Bonchev–Trinajstić information content (AvgIpc) is 2.08. The number of benzene rings is 1.